The van der Waals surface area contributed by atoms with Gasteiger partial charge in [0.05, 0.1) is 23.8 Å². The van der Waals surface area contributed by atoms with E-state index in [9.17, 15) is 14.4 Å². The van der Waals surface area contributed by atoms with E-state index in [1.807, 2.05) is 4.90 Å². The van der Waals surface area contributed by atoms with Gasteiger partial charge < -0.3 is 15.0 Å². The molecule has 2 amide bonds. The average Bonchev–Trinajstić information content (AvgIpc) is 3.05. The lowest BCUT2D eigenvalue weighted by atomic mass is 9.94. The molecule has 26 heavy (non-hydrogen) atoms. The Morgan fingerprint density at radius 1 is 1.19 bits per heavy atom. The quantitative estimate of drug-likeness (QED) is 0.821. The van der Waals surface area contributed by atoms with Crippen LogP contribution in [-0.4, -0.2) is 41.9 Å². The van der Waals surface area contributed by atoms with E-state index < -0.39 is 5.97 Å². The highest BCUT2D eigenvalue weighted by atomic mass is 16.5. The second-order valence-corrected chi connectivity index (χ2v) is 6.99. The first-order valence-electron chi connectivity index (χ1n) is 9.46. The number of para-hydroxylation sites is 1. The fourth-order valence-corrected chi connectivity index (χ4v) is 3.87. The lowest BCUT2D eigenvalue weighted by molar-refractivity contribution is -0.130. The van der Waals surface area contributed by atoms with E-state index in [0.717, 1.165) is 25.7 Å². The van der Waals surface area contributed by atoms with Gasteiger partial charge in [-0.25, -0.2) is 4.79 Å². The number of nitrogens with zero attached hydrogens (tertiary/aromatic N) is 1. The van der Waals surface area contributed by atoms with Crippen molar-refractivity contribution in [2.24, 2.45) is 5.92 Å². The second-order valence-electron chi connectivity index (χ2n) is 6.99. The highest BCUT2D eigenvalue weighted by Gasteiger charge is 2.38. The van der Waals surface area contributed by atoms with Gasteiger partial charge in [-0.3, -0.25) is 9.59 Å². The number of amides is 2. The molecule has 1 aliphatic carbocycles. The van der Waals surface area contributed by atoms with Crippen molar-refractivity contribution in [2.75, 3.05) is 18.5 Å². The van der Waals surface area contributed by atoms with Crippen LogP contribution in [0, 0.1) is 5.92 Å². The number of anilines is 1. The predicted octanol–water partition coefficient (Wildman–Crippen LogP) is 2.98. The molecule has 1 saturated carbocycles. The molecule has 140 valence electrons. The summed E-state index contributed by atoms with van der Waals surface area (Å²) < 4.78 is 5.04. The standard InChI is InChI=1S/C20H26N2O4/c1-2-26-20(25)16-10-6-7-11-17(16)21-19(24)14-12-18(23)22(13-14)15-8-4-3-5-9-15/h6-7,10-11,14-15H,2-5,8-9,12-13H2,1H3,(H,21,24)/t14-/m1/s1. The Balaban J connectivity index is 1.66. The number of nitrogens with one attached hydrogen (secondary N) is 1. The fourth-order valence-electron chi connectivity index (χ4n) is 3.87. The van der Waals surface area contributed by atoms with Crippen molar-refractivity contribution >= 4 is 23.5 Å². The van der Waals surface area contributed by atoms with Crippen molar-refractivity contribution < 1.29 is 19.1 Å². The lowest BCUT2D eigenvalue weighted by Crippen LogP contribution is -2.38. The number of hydrogen-bond donors (Lipinski definition) is 1. The summed E-state index contributed by atoms with van der Waals surface area (Å²) in [6.45, 7) is 2.48. The van der Waals surface area contributed by atoms with Crippen LogP contribution in [0.2, 0.25) is 0 Å². The van der Waals surface area contributed by atoms with Crippen molar-refractivity contribution in [1.29, 1.82) is 0 Å². The molecule has 0 unspecified atom stereocenters. The number of likely N-dealkylation sites (tertiary alicyclic amines) is 1. The Bertz CT molecular complexity index is 682. The first-order chi connectivity index (χ1) is 12.6. The van der Waals surface area contributed by atoms with Gasteiger partial charge in [0.25, 0.3) is 0 Å². The van der Waals surface area contributed by atoms with E-state index in [-0.39, 0.29) is 36.8 Å². The third kappa shape index (κ3) is 4.06. The Kier molecular flexibility index (Phi) is 5.91. The number of hydrogen-bond acceptors (Lipinski definition) is 4. The normalized spacial score (nSPS) is 20.9. The van der Waals surface area contributed by atoms with Crippen LogP contribution in [0.25, 0.3) is 0 Å². The molecule has 1 aromatic rings. The topological polar surface area (TPSA) is 75.7 Å². The maximum Gasteiger partial charge on any atom is 0.340 e. The molecule has 0 spiro atoms. The van der Waals surface area contributed by atoms with E-state index >= 15 is 0 Å². The van der Waals surface area contributed by atoms with Gasteiger partial charge in [-0.05, 0) is 31.9 Å². The minimum Gasteiger partial charge on any atom is -0.462 e. The summed E-state index contributed by atoms with van der Waals surface area (Å²) in [6.07, 6.45) is 5.84. The highest BCUT2D eigenvalue weighted by molar-refractivity contribution is 6.03. The summed E-state index contributed by atoms with van der Waals surface area (Å²) in [6, 6.07) is 7.07. The van der Waals surface area contributed by atoms with Crippen molar-refractivity contribution in [3.8, 4) is 0 Å². The zero-order valence-corrected chi connectivity index (χ0v) is 15.2. The third-order valence-corrected chi connectivity index (χ3v) is 5.22. The maximum absolute atomic E-state index is 12.7. The second kappa shape index (κ2) is 8.34. The molecule has 0 aromatic heterocycles. The van der Waals surface area contributed by atoms with Crippen LogP contribution in [0.1, 0.15) is 55.8 Å². The van der Waals surface area contributed by atoms with E-state index in [2.05, 4.69) is 5.32 Å². The highest BCUT2D eigenvalue weighted by Crippen LogP contribution is 2.29. The molecule has 1 aliphatic heterocycles. The summed E-state index contributed by atoms with van der Waals surface area (Å²) in [7, 11) is 0. The van der Waals surface area contributed by atoms with Gasteiger partial charge in [-0.2, -0.15) is 0 Å². The largest absolute Gasteiger partial charge is 0.462 e. The molecule has 0 radical (unpaired) electrons. The summed E-state index contributed by atoms with van der Waals surface area (Å²) >= 11 is 0. The molecule has 3 rings (SSSR count). The first-order valence-corrected chi connectivity index (χ1v) is 9.46. The van der Waals surface area contributed by atoms with E-state index in [1.165, 1.54) is 6.42 Å². The van der Waals surface area contributed by atoms with Crippen LogP contribution < -0.4 is 5.32 Å². The molecular weight excluding hydrogens is 332 g/mol. The summed E-state index contributed by atoms with van der Waals surface area (Å²) in [5, 5.41) is 2.82. The van der Waals surface area contributed by atoms with Gasteiger partial charge in [0.15, 0.2) is 0 Å². The van der Waals surface area contributed by atoms with Crippen LogP contribution in [-0.2, 0) is 14.3 Å². The molecule has 1 aromatic carbocycles. The molecule has 1 N–H and O–H groups in total. The van der Waals surface area contributed by atoms with Gasteiger partial charge in [-0.1, -0.05) is 31.4 Å². The molecule has 6 heteroatoms. The number of carbonyl (C=O) groups is 3. The Morgan fingerprint density at radius 3 is 2.65 bits per heavy atom. The third-order valence-electron chi connectivity index (χ3n) is 5.22. The van der Waals surface area contributed by atoms with Crippen LogP contribution >= 0.6 is 0 Å². The van der Waals surface area contributed by atoms with E-state index in [1.54, 1.807) is 31.2 Å². The van der Waals surface area contributed by atoms with E-state index in [0.29, 0.717) is 17.8 Å². The zero-order chi connectivity index (χ0) is 18.5. The number of rotatable bonds is 5. The molecule has 1 atom stereocenters. The van der Waals surface area contributed by atoms with Crippen molar-refractivity contribution in [3.63, 3.8) is 0 Å². The summed E-state index contributed by atoms with van der Waals surface area (Å²) in [5.41, 5.74) is 0.760. The fraction of sp³-hybridized carbons (Fsp3) is 0.550. The number of esters is 1. The number of benzene rings is 1. The van der Waals surface area contributed by atoms with Crippen molar-refractivity contribution in [2.45, 2.75) is 51.5 Å². The van der Waals surface area contributed by atoms with Crippen LogP contribution in [0.5, 0.6) is 0 Å². The van der Waals surface area contributed by atoms with E-state index in [4.69, 9.17) is 4.74 Å². The smallest absolute Gasteiger partial charge is 0.340 e. The predicted molar refractivity (Wildman–Crippen MR) is 97.7 cm³/mol. The Hall–Kier alpha value is -2.37. The molecule has 1 heterocycles. The minimum atomic E-state index is -0.463. The SMILES string of the molecule is CCOC(=O)c1ccccc1NC(=O)[C@@H]1CC(=O)N(C2CCCCC2)C1. The molecule has 2 fully saturated rings. The summed E-state index contributed by atoms with van der Waals surface area (Å²) in [5.74, 6) is -0.987. The van der Waals surface area contributed by atoms with Crippen LogP contribution in [0.4, 0.5) is 5.69 Å². The summed E-state index contributed by atoms with van der Waals surface area (Å²) in [4.78, 5) is 39.0. The van der Waals surface area contributed by atoms with Gasteiger partial charge in [-0.15, -0.1) is 0 Å². The maximum atomic E-state index is 12.7. The van der Waals surface area contributed by atoms with Gasteiger partial charge in [0, 0.05) is 19.0 Å². The number of carbonyl (C=O) groups excluding carboxylic acids is 3. The molecule has 6 nitrogen and oxygen atoms in total. The molecular formula is C20H26N2O4. The molecule has 0 bridgehead atoms. The van der Waals surface area contributed by atoms with Crippen LogP contribution in [0.15, 0.2) is 24.3 Å². The van der Waals surface area contributed by atoms with Gasteiger partial charge >= 0.3 is 5.97 Å². The lowest BCUT2D eigenvalue weighted by Gasteiger charge is -2.31. The minimum absolute atomic E-state index is 0.0655. The van der Waals surface area contributed by atoms with Crippen molar-refractivity contribution in [3.05, 3.63) is 29.8 Å². The van der Waals surface area contributed by atoms with Crippen LogP contribution in [0.3, 0.4) is 0 Å². The number of ether oxygens (including phenoxy) is 1. The first kappa shape index (κ1) is 18.4. The Labute approximate surface area is 153 Å². The monoisotopic (exact) mass is 358 g/mol. The molecule has 2 aliphatic rings. The Morgan fingerprint density at radius 2 is 1.92 bits per heavy atom. The average molecular weight is 358 g/mol. The zero-order valence-electron chi connectivity index (χ0n) is 15.2. The molecule has 1 saturated heterocycles. The van der Waals surface area contributed by atoms with Crippen molar-refractivity contribution in [1.82, 2.24) is 4.90 Å². The van der Waals surface area contributed by atoms with Gasteiger partial charge in [0.1, 0.15) is 0 Å². The van der Waals surface area contributed by atoms with Gasteiger partial charge in [0.2, 0.25) is 11.8 Å².